The molecule has 28 heavy (non-hydrogen) atoms. The van der Waals surface area contributed by atoms with Crippen molar-refractivity contribution in [2.75, 3.05) is 7.11 Å². The molecule has 2 aromatic heterocycles. The van der Waals surface area contributed by atoms with Crippen LogP contribution in [0.4, 0.5) is 0 Å². The highest BCUT2D eigenvalue weighted by atomic mass is 32.1. The summed E-state index contributed by atoms with van der Waals surface area (Å²) in [6.45, 7) is 2.05. The maximum atomic E-state index is 11.6. The monoisotopic (exact) mass is 395 g/mol. The average molecular weight is 395 g/mol. The lowest BCUT2D eigenvalue weighted by atomic mass is 10.1. The van der Waals surface area contributed by atoms with Gasteiger partial charge in [-0.3, -0.25) is 9.67 Å². The molecule has 0 amide bonds. The quantitative estimate of drug-likeness (QED) is 0.407. The molecule has 4 aromatic rings. The van der Waals surface area contributed by atoms with Crippen LogP contribution in [-0.2, 0) is 6.61 Å². The van der Waals surface area contributed by atoms with Gasteiger partial charge in [-0.1, -0.05) is 0 Å². The number of nitrogens with zero attached hydrogens (tertiary/aromatic N) is 2. The van der Waals surface area contributed by atoms with Gasteiger partial charge < -0.3 is 13.9 Å². The molecule has 2 heterocycles. The molecule has 2 aromatic carbocycles. The number of hydrogen-bond donors (Lipinski definition) is 1. The summed E-state index contributed by atoms with van der Waals surface area (Å²) in [6, 6.07) is 14.3. The van der Waals surface area contributed by atoms with Crippen LogP contribution in [0.25, 0.3) is 16.7 Å². The Balaban J connectivity index is 1.61. The number of fused-ring (bicyclic) bond motifs is 1. The van der Waals surface area contributed by atoms with Gasteiger partial charge in [0.15, 0.2) is 10.6 Å². The lowest BCUT2D eigenvalue weighted by molar-refractivity contribution is 0.293. The molecule has 0 atom stereocenters. The summed E-state index contributed by atoms with van der Waals surface area (Å²) >= 11 is 5.35. The molecule has 0 aliphatic carbocycles. The Bertz CT molecular complexity index is 1260. The average Bonchev–Trinajstić information content (AvgIpc) is 3.06. The normalized spacial score (nSPS) is 10.9. The van der Waals surface area contributed by atoms with Crippen LogP contribution in [0.3, 0.4) is 0 Å². The van der Waals surface area contributed by atoms with E-state index in [1.54, 1.807) is 17.7 Å². The lowest BCUT2D eigenvalue weighted by Gasteiger charge is -2.10. The summed E-state index contributed by atoms with van der Waals surface area (Å²) in [5.74, 6) is 1.93. The summed E-state index contributed by atoms with van der Waals surface area (Å²) in [5.41, 5.74) is 1.80. The third kappa shape index (κ3) is 3.41. The van der Waals surface area contributed by atoms with Crippen LogP contribution in [0.15, 0.2) is 57.7 Å². The Morgan fingerprint density at radius 3 is 2.64 bits per heavy atom. The first-order chi connectivity index (χ1) is 13.5. The van der Waals surface area contributed by atoms with Crippen molar-refractivity contribution in [2.24, 2.45) is 0 Å². The fraction of sp³-hybridized carbons (Fsp3) is 0.150. The zero-order valence-corrected chi connectivity index (χ0v) is 16.1. The number of benzene rings is 2. The SMILES string of the molecule is COc1ccc(-n2c(COc3ccc4c(C)cc(=O)oc4c3)n[nH]c2=S)cc1. The lowest BCUT2D eigenvalue weighted by Crippen LogP contribution is -2.06. The minimum absolute atomic E-state index is 0.181. The van der Waals surface area contributed by atoms with Crippen LogP contribution >= 0.6 is 12.2 Å². The van der Waals surface area contributed by atoms with Gasteiger partial charge in [-0.15, -0.1) is 0 Å². The zero-order valence-electron chi connectivity index (χ0n) is 15.3. The largest absolute Gasteiger partial charge is 0.497 e. The fourth-order valence-electron chi connectivity index (χ4n) is 2.97. The van der Waals surface area contributed by atoms with E-state index in [-0.39, 0.29) is 12.2 Å². The molecule has 142 valence electrons. The predicted molar refractivity (Wildman–Crippen MR) is 107 cm³/mol. The van der Waals surface area contributed by atoms with Crippen molar-refractivity contribution in [2.45, 2.75) is 13.5 Å². The second kappa shape index (κ2) is 7.32. The van der Waals surface area contributed by atoms with Gasteiger partial charge in [-0.05, 0) is 61.1 Å². The van der Waals surface area contributed by atoms with Gasteiger partial charge in [-0.25, -0.2) is 4.79 Å². The summed E-state index contributed by atoms with van der Waals surface area (Å²) in [6.07, 6.45) is 0. The molecule has 1 N–H and O–H groups in total. The van der Waals surface area contributed by atoms with Crippen LogP contribution in [0, 0.1) is 11.7 Å². The first-order valence-corrected chi connectivity index (χ1v) is 8.94. The summed E-state index contributed by atoms with van der Waals surface area (Å²) in [5, 5.41) is 7.91. The van der Waals surface area contributed by atoms with Gasteiger partial charge >= 0.3 is 5.63 Å². The Morgan fingerprint density at radius 1 is 1.14 bits per heavy atom. The van der Waals surface area contributed by atoms with E-state index >= 15 is 0 Å². The minimum Gasteiger partial charge on any atom is -0.497 e. The van der Waals surface area contributed by atoms with Crippen LogP contribution < -0.4 is 15.1 Å². The Morgan fingerprint density at radius 2 is 1.89 bits per heavy atom. The van der Waals surface area contributed by atoms with Gasteiger partial charge in [0.1, 0.15) is 23.7 Å². The van der Waals surface area contributed by atoms with E-state index in [9.17, 15) is 4.79 Å². The zero-order chi connectivity index (χ0) is 19.7. The predicted octanol–water partition coefficient (Wildman–Crippen LogP) is 3.93. The Hall–Kier alpha value is -3.39. The minimum atomic E-state index is -0.387. The molecule has 0 aliphatic heterocycles. The Kier molecular flexibility index (Phi) is 4.70. The van der Waals surface area contributed by atoms with Gasteiger partial charge in [0.05, 0.1) is 12.8 Å². The molecular formula is C20H17N3O4S. The Labute approximate surface area is 165 Å². The molecule has 0 bridgehead atoms. The third-order valence-corrected chi connectivity index (χ3v) is 4.64. The van der Waals surface area contributed by atoms with Crippen LogP contribution in [-0.4, -0.2) is 21.9 Å². The number of methoxy groups -OCH3 is 1. The summed E-state index contributed by atoms with van der Waals surface area (Å²) in [4.78, 5) is 11.6. The van der Waals surface area contributed by atoms with Crippen molar-refractivity contribution in [3.8, 4) is 17.2 Å². The molecule has 0 spiro atoms. The van der Waals surface area contributed by atoms with Crippen molar-refractivity contribution in [1.82, 2.24) is 14.8 Å². The van der Waals surface area contributed by atoms with E-state index in [2.05, 4.69) is 10.2 Å². The smallest absolute Gasteiger partial charge is 0.336 e. The van der Waals surface area contributed by atoms with Crippen molar-refractivity contribution in [1.29, 1.82) is 0 Å². The highest BCUT2D eigenvalue weighted by molar-refractivity contribution is 7.71. The number of hydrogen-bond acceptors (Lipinski definition) is 6. The highest BCUT2D eigenvalue weighted by Gasteiger charge is 2.10. The topological polar surface area (TPSA) is 82.3 Å². The van der Waals surface area contributed by atoms with Gasteiger partial charge in [0, 0.05) is 17.5 Å². The molecule has 0 fully saturated rings. The van der Waals surface area contributed by atoms with E-state index in [0.29, 0.717) is 21.9 Å². The van der Waals surface area contributed by atoms with Crippen LogP contribution in [0.2, 0.25) is 0 Å². The molecule has 7 nitrogen and oxygen atoms in total. The number of H-pyrrole nitrogens is 1. The van der Waals surface area contributed by atoms with Gasteiger partial charge in [0.25, 0.3) is 0 Å². The number of ether oxygens (including phenoxy) is 2. The highest BCUT2D eigenvalue weighted by Crippen LogP contribution is 2.23. The fourth-order valence-corrected chi connectivity index (χ4v) is 3.22. The van der Waals surface area contributed by atoms with E-state index in [0.717, 1.165) is 22.4 Å². The van der Waals surface area contributed by atoms with Crippen LogP contribution in [0.1, 0.15) is 11.4 Å². The standard InChI is InChI=1S/C20H17N3O4S/c1-12-9-19(24)27-17-10-15(7-8-16(12)17)26-11-18-21-22-20(28)23(18)13-3-5-14(25-2)6-4-13/h3-10H,11H2,1-2H3,(H,22,28). The molecule has 8 heteroatoms. The molecule has 0 saturated heterocycles. The second-order valence-electron chi connectivity index (χ2n) is 6.17. The maximum Gasteiger partial charge on any atom is 0.336 e. The van der Waals surface area contributed by atoms with E-state index < -0.39 is 0 Å². The number of aromatic nitrogens is 3. The summed E-state index contributed by atoms with van der Waals surface area (Å²) in [7, 11) is 1.62. The van der Waals surface area contributed by atoms with Crippen molar-refractivity contribution < 1.29 is 13.9 Å². The third-order valence-electron chi connectivity index (χ3n) is 4.36. The van der Waals surface area contributed by atoms with E-state index in [1.165, 1.54) is 6.07 Å². The van der Waals surface area contributed by atoms with Gasteiger partial charge in [-0.2, -0.15) is 5.10 Å². The molecule has 4 rings (SSSR count). The number of rotatable bonds is 5. The van der Waals surface area contributed by atoms with E-state index in [1.807, 2.05) is 43.3 Å². The van der Waals surface area contributed by atoms with Gasteiger partial charge in [0.2, 0.25) is 0 Å². The maximum absolute atomic E-state index is 11.6. The van der Waals surface area contributed by atoms with Crippen molar-refractivity contribution >= 4 is 23.2 Å². The number of aromatic amines is 1. The number of nitrogens with one attached hydrogen (secondary N) is 1. The second-order valence-corrected chi connectivity index (χ2v) is 6.56. The molecule has 0 unspecified atom stereocenters. The van der Waals surface area contributed by atoms with Crippen LogP contribution in [0.5, 0.6) is 11.5 Å². The molecule has 0 radical (unpaired) electrons. The summed E-state index contributed by atoms with van der Waals surface area (Å²) < 4.78 is 18.6. The molecular weight excluding hydrogens is 378 g/mol. The first kappa shape index (κ1) is 18.0. The first-order valence-electron chi connectivity index (χ1n) is 8.53. The number of aryl methyl sites for hydroxylation is 1. The molecule has 0 aliphatic rings. The molecule has 0 saturated carbocycles. The van der Waals surface area contributed by atoms with Crippen molar-refractivity contribution in [3.63, 3.8) is 0 Å². The van der Waals surface area contributed by atoms with E-state index in [4.69, 9.17) is 26.1 Å². The van der Waals surface area contributed by atoms with Crippen molar-refractivity contribution in [3.05, 3.63) is 75.1 Å².